The Morgan fingerprint density at radius 3 is 2.83 bits per heavy atom. The third-order valence-corrected chi connectivity index (χ3v) is 4.39. The fourth-order valence-corrected chi connectivity index (χ4v) is 3.15. The van der Waals surface area contributed by atoms with E-state index in [1.165, 1.54) is 5.06 Å². The summed E-state index contributed by atoms with van der Waals surface area (Å²) in [4.78, 5) is 32.1. The number of nitrogens with one attached hydrogen (secondary N) is 1. The van der Waals surface area contributed by atoms with Crippen LogP contribution in [0.2, 0.25) is 0 Å². The predicted octanol–water partition coefficient (Wildman–Crippen LogP) is 1.91. The summed E-state index contributed by atoms with van der Waals surface area (Å²) in [7, 11) is 0. The molecule has 23 heavy (non-hydrogen) atoms. The minimum atomic E-state index is -0.365. The lowest BCUT2D eigenvalue weighted by Crippen LogP contribution is -2.49. The number of benzene rings is 1. The number of hydrogen-bond acceptors (Lipinski definition) is 3. The molecule has 0 unspecified atom stereocenters. The van der Waals surface area contributed by atoms with E-state index in [-0.39, 0.29) is 24.0 Å². The van der Waals surface area contributed by atoms with Gasteiger partial charge in [-0.3, -0.25) is 9.63 Å². The third-order valence-electron chi connectivity index (χ3n) is 4.39. The molecule has 0 spiro atoms. The van der Waals surface area contributed by atoms with Gasteiger partial charge in [-0.05, 0) is 24.8 Å². The molecule has 0 aliphatic carbocycles. The summed E-state index contributed by atoms with van der Waals surface area (Å²) in [6.07, 6.45) is 2.37. The molecule has 2 fully saturated rings. The maximum Gasteiger partial charge on any atom is 0.345 e. The summed E-state index contributed by atoms with van der Waals surface area (Å²) < 4.78 is 0. The molecule has 6 nitrogen and oxygen atoms in total. The number of carbonyl (C=O) groups is 2. The van der Waals surface area contributed by atoms with Gasteiger partial charge in [-0.25, -0.2) is 4.79 Å². The summed E-state index contributed by atoms with van der Waals surface area (Å²) in [5, 5.41) is 4.34. The molecule has 0 aromatic heterocycles. The monoisotopic (exact) mass is 317 g/mol. The van der Waals surface area contributed by atoms with Gasteiger partial charge in [-0.1, -0.05) is 37.3 Å². The molecular weight excluding hydrogens is 294 g/mol. The Morgan fingerprint density at radius 2 is 2.09 bits per heavy atom. The van der Waals surface area contributed by atoms with E-state index >= 15 is 0 Å². The van der Waals surface area contributed by atoms with Crippen LogP contribution in [-0.4, -0.2) is 47.1 Å². The van der Waals surface area contributed by atoms with Gasteiger partial charge in [-0.15, -0.1) is 0 Å². The largest absolute Gasteiger partial charge is 0.354 e. The van der Waals surface area contributed by atoms with Crippen molar-refractivity contribution in [2.24, 2.45) is 0 Å². The van der Waals surface area contributed by atoms with Crippen LogP contribution in [0.4, 0.5) is 4.79 Å². The van der Waals surface area contributed by atoms with E-state index in [1.807, 2.05) is 37.3 Å². The second kappa shape index (κ2) is 7.00. The van der Waals surface area contributed by atoms with Crippen molar-refractivity contribution in [2.75, 3.05) is 13.1 Å². The van der Waals surface area contributed by atoms with E-state index in [1.54, 1.807) is 4.90 Å². The average molecular weight is 317 g/mol. The fourth-order valence-electron chi connectivity index (χ4n) is 3.15. The van der Waals surface area contributed by atoms with Crippen molar-refractivity contribution in [1.29, 1.82) is 0 Å². The van der Waals surface area contributed by atoms with Gasteiger partial charge in [0.05, 0.1) is 6.04 Å². The second-order valence-corrected chi connectivity index (χ2v) is 6.06. The van der Waals surface area contributed by atoms with Crippen LogP contribution in [0.5, 0.6) is 0 Å². The van der Waals surface area contributed by atoms with Crippen molar-refractivity contribution in [1.82, 2.24) is 15.3 Å². The number of hydroxylamine groups is 2. The molecule has 0 saturated carbocycles. The molecule has 2 atom stereocenters. The standard InChI is InChI=1S/C17H23N3O3/c1-2-10-18-16(21)15-9-8-14-11-19(15)17(22)20(14)23-12-13-6-4-3-5-7-13/h3-7,14-15H,2,8-12H2,1H3,(H,18,21)/t14-,15+/m1/s1. The van der Waals surface area contributed by atoms with Crippen molar-refractivity contribution < 1.29 is 14.4 Å². The molecule has 2 bridgehead atoms. The van der Waals surface area contributed by atoms with Gasteiger partial charge in [0, 0.05) is 13.1 Å². The molecule has 3 rings (SSSR count). The first-order chi connectivity index (χ1) is 11.2. The van der Waals surface area contributed by atoms with Crippen molar-refractivity contribution in [3.63, 3.8) is 0 Å². The van der Waals surface area contributed by atoms with Crippen LogP contribution in [-0.2, 0) is 16.2 Å². The maximum atomic E-state index is 12.5. The number of nitrogens with zero attached hydrogens (tertiary/aromatic N) is 2. The quantitative estimate of drug-likeness (QED) is 0.872. The van der Waals surface area contributed by atoms with Gasteiger partial charge >= 0.3 is 6.03 Å². The van der Waals surface area contributed by atoms with E-state index < -0.39 is 0 Å². The first-order valence-corrected chi connectivity index (χ1v) is 8.25. The lowest BCUT2D eigenvalue weighted by Gasteiger charge is -2.29. The molecule has 1 aromatic rings. The number of piperidine rings is 1. The number of carbonyl (C=O) groups excluding carboxylic acids is 2. The molecule has 1 aromatic carbocycles. The lowest BCUT2D eigenvalue weighted by atomic mass is 10.0. The van der Waals surface area contributed by atoms with Crippen LogP contribution in [0.25, 0.3) is 0 Å². The zero-order valence-corrected chi connectivity index (χ0v) is 13.4. The van der Waals surface area contributed by atoms with Gasteiger partial charge in [-0.2, -0.15) is 5.06 Å². The Hall–Kier alpha value is -2.08. The summed E-state index contributed by atoms with van der Waals surface area (Å²) in [6.45, 7) is 3.59. The van der Waals surface area contributed by atoms with E-state index in [0.29, 0.717) is 26.1 Å². The Balaban J connectivity index is 1.61. The van der Waals surface area contributed by atoms with E-state index in [0.717, 1.165) is 18.4 Å². The number of fused-ring (bicyclic) bond motifs is 2. The molecule has 2 saturated heterocycles. The first kappa shape index (κ1) is 15.8. The van der Waals surface area contributed by atoms with Gasteiger partial charge in [0.2, 0.25) is 5.91 Å². The highest BCUT2D eigenvalue weighted by molar-refractivity contribution is 5.88. The molecule has 1 N–H and O–H groups in total. The molecular formula is C17H23N3O3. The Labute approximate surface area is 136 Å². The number of amides is 3. The number of rotatable bonds is 6. The zero-order valence-electron chi connectivity index (χ0n) is 13.4. The summed E-state index contributed by atoms with van der Waals surface area (Å²) in [6, 6.07) is 9.25. The van der Waals surface area contributed by atoms with Crippen molar-refractivity contribution >= 4 is 11.9 Å². The van der Waals surface area contributed by atoms with Crippen LogP contribution in [0.1, 0.15) is 31.7 Å². The smallest absolute Gasteiger partial charge is 0.345 e. The normalized spacial score (nSPS) is 23.3. The molecule has 124 valence electrons. The van der Waals surface area contributed by atoms with Crippen molar-refractivity contribution in [3.05, 3.63) is 35.9 Å². The molecule has 2 aliphatic rings. The number of hydrogen-bond donors (Lipinski definition) is 1. The minimum absolute atomic E-state index is 0.0430. The summed E-state index contributed by atoms with van der Waals surface area (Å²) >= 11 is 0. The molecule has 3 amide bonds. The average Bonchev–Trinajstić information content (AvgIpc) is 2.83. The molecule has 2 heterocycles. The minimum Gasteiger partial charge on any atom is -0.354 e. The Morgan fingerprint density at radius 1 is 1.30 bits per heavy atom. The topological polar surface area (TPSA) is 61.9 Å². The van der Waals surface area contributed by atoms with Crippen LogP contribution < -0.4 is 5.32 Å². The molecule has 0 radical (unpaired) electrons. The maximum absolute atomic E-state index is 12.5. The van der Waals surface area contributed by atoms with Crippen LogP contribution >= 0.6 is 0 Å². The van der Waals surface area contributed by atoms with Crippen LogP contribution in [0, 0.1) is 0 Å². The number of urea groups is 1. The van der Waals surface area contributed by atoms with Gasteiger partial charge in [0.25, 0.3) is 0 Å². The highest BCUT2D eigenvalue weighted by Crippen LogP contribution is 2.30. The molecule has 6 heteroatoms. The van der Waals surface area contributed by atoms with E-state index in [9.17, 15) is 9.59 Å². The first-order valence-electron chi connectivity index (χ1n) is 8.25. The van der Waals surface area contributed by atoms with Crippen LogP contribution in [0.3, 0.4) is 0 Å². The summed E-state index contributed by atoms with van der Waals surface area (Å²) in [5.41, 5.74) is 1.02. The van der Waals surface area contributed by atoms with Crippen molar-refractivity contribution in [3.8, 4) is 0 Å². The Kier molecular flexibility index (Phi) is 4.81. The SMILES string of the molecule is CCCNC(=O)[C@@H]1CC[C@@H]2CN1C(=O)N2OCc1ccccc1. The highest BCUT2D eigenvalue weighted by Gasteiger charge is 2.47. The third kappa shape index (κ3) is 3.32. The second-order valence-electron chi connectivity index (χ2n) is 6.06. The fraction of sp³-hybridized carbons (Fsp3) is 0.529. The van der Waals surface area contributed by atoms with Gasteiger partial charge < -0.3 is 10.2 Å². The van der Waals surface area contributed by atoms with Crippen molar-refractivity contribution in [2.45, 2.75) is 44.9 Å². The summed E-state index contributed by atoms with van der Waals surface area (Å²) in [5.74, 6) is -0.0523. The van der Waals surface area contributed by atoms with E-state index in [2.05, 4.69) is 5.32 Å². The zero-order chi connectivity index (χ0) is 16.2. The van der Waals surface area contributed by atoms with Gasteiger partial charge in [0.15, 0.2) is 0 Å². The lowest BCUT2D eigenvalue weighted by molar-refractivity contribution is -0.140. The van der Waals surface area contributed by atoms with Gasteiger partial charge in [0.1, 0.15) is 12.6 Å². The predicted molar refractivity (Wildman–Crippen MR) is 85.3 cm³/mol. The van der Waals surface area contributed by atoms with Crippen LogP contribution in [0.15, 0.2) is 30.3 Å². The van der Waals surface area contributed by atoms with E-state index in [4.69, 9.17) is 4.84 Å². The highest BCUT2D eigenvalue weighted by atomic mass is 16.7. The Bertz CT molecular complexity index is 563. The molecule has 2 aliphatic heterocycles.